The highest BCUT2D eigenvalue weighted by atomic mass is 35.5. The normalized spacial score (nSPS) is 11.7. The molecule has 174 valence electrons. The van der Waals surface area contributed by atoms with Gasteiger partial charge in [0.25, 0.3) is 5.91 Å². The quantitative estimate of drug-likeness (QED) is 0.340. The number of ether oxygens (including phenoxy) is 2. The molecule has 8 nitrogen and oxygen atoms in total. The molecule has 4 aromatic rings. The van der Waals surface area contributed by atoms with Crippen LogP contribution in [0.1, 0.15) is 28.0 Å². The Kier molecular flexibility index (Phi) is 5.98. The Bertz CT molecular complexity index is 1330. The summed E-state index contributed by atoms with van der Waals surface area (Å²) < 4.78 is 14.8. The zero-order chi connectivity index (χ0) is 23.7. The number of halogens is 1. The number of nitrogens with zero attached hydrogens (tertiary/aromatic N) is 4. The number of hydrogen-bond donors (Lipinski definition) is 1. The molecule has 0 atom stereocenters. The van der Waals surface area contributed by atoms with E-state index >= 15 is 0 Å². The molecule has 0 bridgehead atoms. The molecule has 1 aliphatic carbocycles. The van der Waals surface area contributed by atoms with Gasteiger partial charge in [0, 0.05) is 48.1 Å². The molecule has 2 aromatic heterocycles. The molecule has 34 heavy (non-hydrogen) atoms. The first-order chi connectivity index (χ1) is 16.6. The molecule has 0 aliphatic heterocycles. The van der Waals surface area contributed by atoms with Crippen molar-refractivity contribution in [3.05, 3.63) is 77.0 Å². The number of hydrogen-bond acceptors (Lipinski definition) is 5. The number of amides is 1. The van der Waals surface area contributed by atoms with E-state index in [1.807, 2.05) is 51.8 Å². The number of nitrogens with one attached hydrogen (secondary N) is 1. The van der Waals surface area contributed by atoms with Gasteiger partial charge < -0.3 is 19.4 Å². The van der Waals surface area contributed by atoms with Crippen molar-refractivity contribution in [3.8, 4) is 28.4 Å². The minimum Gasteiger partial charge on any atom is -0.493 e. The predicted molar refractivity (Wildman–Crippen MR) is 129 cm³/mol. The SMILES string of the molecule is COc1cc2c(cc1OC)-c1c(c(C(=O)NCCCn3ccnc3)nn1-c1ccc(Cl)cc1)C2. The average molecular weight is 478 g/mol. The van der Waals surface area contributed by atoms with Crippen LogP contribution in [-0.4, -0.2) is 46.0 Å². The average Bonchev–Trinajstić information content (AvgIpc) is 3.57. The summed E-state index contributed by atoms with van der Waals surface area (Å²) in [5, 5.41) is 8.38. The van der Waals surface area contributed by atoms with E-state index in [0.29, 0.717) is 35.2 Å². The Hall–Kier alpha value is -3.78. The van der Waals surface area contributed by atoms with Crippen molar-refractivity contribution in [1.29, 1.82) is 0 Å². The van der Waals surface area contributed by atoms with E-state index in [2.05, 4.69) is 10.3 Å². The third-order valence-corrected chi connectivity index (χ3v) is 6.19. The van der Waals surface area contributed by atoms with Gasteiger partial charge in [-0.05, 0) is 48.4 Å². The molecule has 0 radical (unpaired) electrons. The molecule has 0 spiro atoms. The lowest BCUT2D eigenvalue weighted by atomic mass is 10.1. The maximum absolute atomic E-state index is 13.2. The number of aryl methyl sites for hydroxylation is 1. The van der Waals surface area contributed by atoms with E-state index in [0.717, 1.165) is 41.0 Å². The Morgan fingerprint density at radius 3 is 2.62 bits per heavy atom. The second kappa shape index (κ2) is 9.23. The van der Waals surface area contributed by atoms with E-state index in [1.54, 1.807) is 26.7 Å². The minimum absolute atomic E-state index is 0.193. The van der Waals surface area contributed by atoms with Crippen molar-refractivity contribution in [2.24, 2.45) is 0 Å². The van der Waals surface area contributed by atoms with Crippen molar-refractivity contribution in [1.82, 2.24) is 24.6 Å². The molecule has 2 heterocycles. The van der Waals surface area contributed by atoms with Gasteiger partial charge in [-0.1, -0.05) is 11.6 Å². The second-order valence-electron chi connectivity index (χ2n) is 8.02. The van der Waals surface area contributed by atoms with Crippen LogP contribution in [0, 0.1) is 0 Å². The lowest BCUT2D eigenvalue weighted by Gasteiger charge is -2.12. The summed E-state index contributed by atoms with van der Waals surface area (Å²) in [6.45, 7) is 1.32. The number of rotatable bonds is 8. The van der Waals surface area contributed by atoms with Crippen LogP contribution in [0.15, 0.2) is 55.1 Å². The van der Waals surface area contributed by atoms with Crippen molar-refractivity contribution in [3.63, 3.8) is 0 Å². The van der Waals surface area contributed by atoms with E-state index in [-0.39, 0.29) is 5.91 Å². The number of carbonyl (C=O) groups is 1. The Morgan fingerprint density at radius 2 is 1.91 bits per heavy atom. The van der Waals surface area contributed by atoms with Crippen molar-refractivity contribution in [2.45, 2.75) is 19.4 Å². The lowest BCUT2D eigenvalue weighted by Crippen LogP contribution is -2.26. The Balaban J connectivity index is 1.49. The molecular formula is C25H24ClN5O3. The number of carbonyl (C=O) groups excluding carboxylic acids is 1. The zero-order valence-electron chi connectivity index (χ0n) is 18.9. The van der Waals surface area contributed by atoms with Gasteiger partial charge >= 0.3 is 0 Å². The van der Waals surface area contributed by atoms with Crippen LogP contribution in [0.25, 0.3) is 16.9 Å². The maximum atomic E-state index is 13.2. The predicted octanol–water partition coefficient (Wildman–Crippen LogP) is 4.13. The summed E-state index contributed by atoms with van der Waals surface area (Å²) in [7, 11) is 3.23. The van der Waals surface area contributed by atoms with Crippen molar-refractivity contribution >= 4 is 17.5 Å². The third kappa shape index (κ3) is 4.01. The lowest BCUT2D eigenvalue weighted by molar-refractivity contribution is 0.0946. The molecule has 0 saturated heterocycles. The number of benzene rings is 2. The van der Waals surface area contributed by atoms with Gasteiger partial charge in [-0.25, -0.2) is 9.67 Å². The first-order valence-electron chi connectivity index (χ1n) is 11.0. The third-order valence-electron chi connectivity index (χ3n) is 5.94. The van der Waals surface area contributed by atoms with Crippen molar-refractivity contribution < 1.29 is 14.3 Å². The van der Waals surface area contributed by atoms with Gasteiger partial charge in [0.15, 0.2) is 17.2 Å². The number of fused-ring (bicyclic) bond motifs is 3. The molecular weight excluding hydrogens is 454 g/mol. The smallest absolute Gasteiger partial charge is 0.272 e. The van der Waals surface area contributed by atoms with Crippen LogP contribution in [-0.2, 0) is 13.0 Å². The van der Waals surface area contributed by atoms with Crippen LogP contribution in [0.2, 0.25) is 5.02 Å². The van der Waals surface area contributed by atoms with E-state index in [4.69, 9.17) is 26.2 Å². The summed E-state index contributed by atoms with van der Waals surface area (Å²) in [5.41, 5.74) is 5.02. The van der Waals surface area contributed by atoms with Crippen LogP contribution >= 0.6 is 11.6 Å². The molecule has 0 fully saturated rings. The topological polar surface area (TPSA) is 83.2 Å². The van der Waals surface area contributed by atoms with Gasteiger partial charge in [0.1, 0.15) is 0 Å². The second-order valence-corrected chi connectivity index (χ2v) is 8.45. The van der Waals surface area contributed by atoms with Crippen LogP contribution in [0.3, 0.4) is 0 Å². The summed E-state index contributed by atoms with van der Waals surface area (Å²) in [5.74, 6) is 1.09. The summed E-state index contributed by atoms with van der Waals surface area (Å²) in [6, 6.07) is 11.3. The Morgan fingerprint density at radius 1 is 1.15 bits per heavy atom. The fourth-order valence-electron chi connectivity index (χ4n) is 4.29. The van der Waals surface area contributed by atoms with E-state index in [1.165, 1.54) is 0 Å². The minimum atomic E-state index is -0.193. The molecule has 5 rings (SSSR count). The highest BCUT2D eigenvalue weighted by Gasteiger charge is 2.32. The zero-order valence-corrected chi connectivity index (χ0v) is 19.7. The number of aromatic nitrogens is 4. The molecule has 1 N–H and O–H groups in total. The molecule has 1 aliphatic rings. The molecule has 0 unspecified atom stereocenters. The Labute approximate surface area is 202 Å². The number of methoxy groups -OCH3 is 2. The van der Waals surface area contributed by atoms with E-state index in [9.17, 15) is 4.79 Å². The highest BCUT2D eigenvalue weighted by molar-refractivity contribution is 6.30. The first-order valence-corrected chi connectivity index (χ1v) is 11.3. The van der Waals surface area contributed by atoms with Crippen LogP contribution < -0.4 is 14.8 Å². The summed E-state index contributed by atoms with van der Waals surface area (Å²) >= 11 is 6.10. The largest absolute Gasteiger partial charge is 0.493 e. The van der Waals surface area contributed by atoms with Gasteiger partial charge in [-0.15, -0.1) is 0 Å². The first kappa shape index (κ1) is 22.0. The van der Waals surface area contributed by atoms with Gasteiger partial charge in [0.05, 0.1) is 31.9 Å². The van der Waals surface area contributed by atoms with Gasteiger partial charge in [-0.3, -0.25) is 4.79 Å². The molecule has 0 saturated carbocycles. The van der Waals surface area contributed by atoms with E-state index < -0.39 is 0 Å². The standard InChI is InChI=1S/C25H24ClN5O3/c1-33-21-13-16-12-20-23(25(32)28-8-3-10-30-11-9-27-15-30)29-31(18-6-4-17(26)5-7-18)24(20)19(16)14-22(21)34-2/h4-7,9,11,13-15H,3,8,10,12H2,1-2H3,(H,28,32). The van der Waals surface area contributed by atoms with Crippen molar-refractivity contribution in [2.75, 3.05) is 20.8 Å². The van der Waals surface area contributed by atoms with Gasteiger partial charge in [0.2, 0.25) is 0 Å². The number of imidazole rings is 1. The maximum Gasteiger partial charge on any atom is 0.272 e. The molecule has 9 heteroatoms. The summed E-state index contributed by atoms with van der Waals surface area (Å²) in [6.07, 6.45) is 6.78. The molecule has 2 aromatic carbocycles. The summed E-state index contributed by atoms with van der Waals surface area (Å²) in [4.78, 5) is 17.2. The monoisotopic (exact) mass is 477 g/mol. The fourth-order valence-corrected chi connectivity index (χ4v) is 4.42. The molecule has 1 amide bonds. The van der Waals surface area contributed by atoms with Crippen LogP contribution in [0.4, 0.5) is 0 Å². The van der Waals surface area contributed by atoms with Gasteiger partial charge in [-0.2, -0.15) is 5.10 Å². The highest BCUT2D eigenvalue weighted by Crippen LogP contribution is 2.44. The van der Waals surface area contributed by atoms with Crippen LogP contribution in [0.5, 0.6) is 11.5 Å². The fraction of sp³-hybridized carbons (Fsp3) is 0.240.